The van der Waals surface area contributed by atoms with E-state index in [0.29, 0.717) is 22.9 Å². The van der Waals surface area contributed by atoms with Gasteiger partial charge in [-0.3, -0.25) is 0 Å². The summed E-state index contributed by atoms with van der Waals surface area (Å²) in [6.45, 7) is 1.37. The Bertz CT molecular complexity index is 800. The molecule has 114 valence electrons. The zero-order chi connectivity index (χ0) is 15.5. The zero-order valence-electron chi connectivity index (χ0n) is 12.0. The van der Waals surface area contributed by atoms with Crippen molar-refractivity contribution in [2.45, 2.75) is 19.4 Å². The molecule has 2 heterocycles. The van der Waals surface area contributed by atoms with Crippen LogP contribution in [0.4, 0.5) is 4.39 Å². The number of pyridine rings is 1. The molecular weight excluding hydrogens is 303 g/mol. The number of nitrogens with two attached hydrogens (primary N) is 1. The van der Waals surface area contributed by atoms with Crippen LogP contribution in [0.2, 0.25) is 5.02 Å². The van der Waals surface area contributed by atoms with Crippen LogP contribution in [0.25, 0.3) is 22.6 Å². The van der Waals surface area contributed by atoms with Gasteiger partial charge in [0.05, 0.1) is 5.02 Å². The third kappa shape index (κ3) is 2.96. The number of aryl methyl sites for hydroxylation is 1. The topological polar surface area (TPSA) is 56.7 Å². The number of nitrogens with zero attached hydrogens (tertiary/aromatic N) is 3. The molecule has 2 aromatic heterocycles. The summed E-state index contributed by atoms with van der Waals surface area (Å²) in [5, 5.41) is 0.532. The summed E-state index contributed by atoms with van der Waals surface area (Å²) in [6.07, 6.45) is 3.42. The zero-order valence-corrected chi connectivity index (χ0v) is 12.7. The normalized spacial score (nSPS) is 11.2. The van der Waals surface area contributed by atoms with Crippen LogP contribution in [-0.2, 0) is 6.54 Å². The summed E-state index contributed by atoms with van der Waals surface area (Å²) in [5.74, 6) is 0.408. The van der Waals surface area contributed by atoms with Crippen molar-refractivity contribution in [3.63, 3.8) is 0 Å². The smallest absolute Gasteiger partial charge is 0.160 e. The van der Waals surface area contributed by atoms with Gasteiger partial charge in [-0.25, -0.2) is 14.4 Å². The highest BCUT2D eigenvalue weighted by Crippen LogP contribution is 2.26. The van der Waals surface area contributed by atoms with Crippen LogP contribution in [0.1, 0.15) is 12.8 Å². The van der Waals surface area contributed by atoms with Crippen LogP contribution in [-0.4, -0.2) is 21.1 Å². The lowest BCUT2D eigenvalue weighted by atomic mass is 10.2. The maximum Gasteiger partial charge on any atom is 0.160 e. The molecule has 1 aromatic carbocycles. The molecule has 0 radical (unpaired) electrons. The molecule has 0 aliphatic carbocycles. The van der Waals surface area contributed by atoms with Crippen LogP contribution in [0.5, 0.6) is 0 Å². The predicted molar refractivity (Wildman–Crippen MR) is 86.2 cm³/mol. The molecule has 3 aromatic rings. The Morgan fingerprint density at radius 3 is 2.86 bits per heavy atom. The lowest BCUT2D eigenvalue weighted by Gasteiger charge is -2.08. The van der Waals surface area contributed by atoms with Crippen LogP contribution >= 0.6 is 11.6 Å². The molecule has 22 heavy (non-hydrogen) atoms. The van der Waals surface area contributed by atoms with E-state index in [1.165, 1.54) is 12.1 Å². The van der Waals surface area contributed by atoms with Crippen LogP contribution < -0.4 is 5.73 Å². The van der Waals surface area contributed by atoms with Crippen LogP contribution in [0.3, 0.4) is 0 Å². The van der Waals surface area contributed by atoms with E-state index in [2.05, 4.69) is 9.97 Å². The minimum Gasteiger partial charge on any atom is -0.330 e. The average molecular weight is 319 g/mol. The van der Waals surface area contributed by atoms with Crippen molar-refractivity contribution < 1.29 is 4.39 Å². The second-order valence-electron chi connectivity index (χ2n) is 5.09. The summed E-state index contributed by atoms with van der Waals surface area (Å²) >= 11 is 5.99. The Morgan fingerprint density at radius 1 is 1.23 bits per heavy atom. The Morgan fingerprint density at radius 2 is 2.09 bits per heavy atom. The summed E-state index contributed by atoms with van der Waals surface area (Å²) in [7, 11) is 0. The molecule has 0 saturated heterocycles. The molecule has 0 amide bonds. The number of benzene rings is 1. The van der Waals surface area contributed by atoms with E-state index < -0.39 is 0 Å². The molecule has 6 heteroatoms. The average Bonchev–Trinajstić information content (AvgIpc) is 2.85. The number of hydrogen-bond donors (Lipinski definition) is 1. The first-order valence-electron chi connectivity index (χ1n) is 7.17. The van der Waals surface area contributed by atoms with Crippen molar-refractivity contribution in [2.24, 2.45) is 5.73 Å². The lowest BCUT2D eigenvalue weighted by Crippen LogP contribution is -2.05. The van der Waals surface area contributed by atoms with E-state index in [0.717, 1.165) is 30.6 Å². The quantitative estimate of drug-likeness (QED) is 0.731. The Hall–Kier alpha value is -1.98. The summed E-state index contributed by atoms with van der Waals surface area (Å²) in [6, 6.07) is 8.17. The molecule has 3 rings (SSSR count). The summed E-state index contributed by atoms with van der Waals surface area (Å²) in [5.41, 5.74) is 7.74. The second kappa shape index (κ2) is 6.42. The molecule has 4 nitrogen and oxygen atoms in total. The van der Waals surface area contributed by atoms with E-state index >= 15 is 0 Å². The standard InChI is InChI=1S/C16H16ClFN4/c17-12-9-14-16(20-10-12)22(7-2-1-6-19)15(21-14)11-4-3-5-13(18)8-11/h3-5,8-10H,1-2,6-7,19H2. The largest absolute Gasteiger partial charge is 0.330 e. The van der Waals surface area contributed by atoms with Crippen LogP contribution in [0.15, 0.2) is 36.5 Å². The lowest BCUT2D eigenvalue weighted by molar-refractivity contribution is 0.622. The number of unbranched alkanes of at least 4 members (excludes halogenated alkanes) is 1. The highest BCUT2D eigenvalue weighted by atomic mass is 35.5. The van der Waals surface area contributed by atoms with Crippen molar-refractivity contribution in [2.75, 3.05) is 6.54 Å². The van der Waals surface area contributed by atoms with Crippen LogP contribution in [0, 0.1) is 5.82 Å². The molecule has 0 aliphatic heterocycles. The minimum absolute atomic E-state index is 0.288. The fourth-order valence-electron chi connectivity index (χ4n) is 2.46. The van der Waals surface area contributed by atoms with E-state index in [1.807, 2.05) is 10.6 Å². The number of hydrogen-bond acceptors (Lipinski definition) is 3. The van der Waals surface area contributed by atoms with Gasteiger partial charge in [0, 0.05) is 18.3 Å². The highest BCUT2D eigenvalue weighted by molar-refractivity contribution is 6.31. The molecular formula is C16H16ClFN4. The monoisotopic (exact) mass is 318 g/mol. The van der Waals surface area contributed by atoms with Crippen molar-refractivity contribution in [1.29, 1.82) is 0 Å². The van der Waals surface area contributed by atoms with Crippen molar-refractivity contribution in [1.82, 2.24) is 14.5 Å². The number of rotatable bonds is 5. The van der Waals surface area contributed by atoms with Crippen molar-refractivity contribution in [3.05, 3.63) is 47.4 Å². The molecule has 0 bridgehead atoms. The Kier molecular flexibility index (Phi) is 4.36. The Labute approximate surface area is 132 Å². The number of halogens is 2. The van der Waals surface area contributed by atoms with E-state index in [1.54, 1.807) is 18.3 Å². The second-order valence-corrected chi connectivity index (χ2v) is 5.53. The Balaban J connectivity index is 2.12. The molecule has 2 N–H and O–H groups in total. The van der Waals surface area contributed by atoms with Gasteiger partial charge in [0.15, 0.2) is 5.65 Å². The molecule has 0 unspecified atom stereocenters. The first-order valence-corrected chi connectivity index (χ1v) is 7.54. The third-order valence-corrected chi connectivity index (χ3v) is 3.68. The van der Waals surface area contributed by atoms with Gasteiger partial charge in [0.2, 0.25) is 0 Å². The molecule has 0 atom stereocenters. The summed E-state index contributed by atoms with van der Waals surface area (Å²) < 4.78 is 15.5. The maximum absolute atomic E-state index is 13.5. The van der Waals surface area contributed by atoms with Gasteiger partial charge in [-0.15, -0.1) is 0 Å². The molecule has 0 fully saturated rings. The van der Waals surface area contributed by atoms with Crippen molar-refractivity contribution in [3.8, 4) is 11.4 Å². The first kappa shape index (κ1) is 14.9. The van der Waals surface area contributed by atoms with Gasteiger partial charge in [-0.05, 0) is 37.6 Å². The van der Waals surface area contributed by atoms with E-state index in [4.69, 9.17) is 17.3 Å². The van der Waals surface area contributed by atoms with E-state index in [-0.39, 0.29) is 5.82 Å². The SMILES string of the molecule is NCCCCn1c(-c2cccc(F)c2)nc2cc(Cl)cnc21. The number of imidazole rings is 1. The van der Waals surface area contributed by atoms with E-state index in [9.17, 15) is 4.39 Å². The molecule has 0 aliphatic rings. The molecule has 0 spiro atoms. The third-order valence-electron chi connectivity index (χ3n) is 3.47. The fourth-order valence-corrected chi connectivity index (χ4v) is 2.61. The fraction of sp³-hybridized carbons (Fsp3) is 0.250. The van der Waals surface area contributed by atoms with Crippen molar-refractivity contribution >= 4 is 22.8 Å². The summed E-state index contributed by atoms with van der Waals surface area (Å²) in [4.78, 5) is 8.95. The maximum atomic E-state index is 13.5. The van der Waals surface area contributed by atoms with Gasteiger partial charge in [-0.1, -0.05) is 23.7 Å². The minimum atomic E-state index is -0.288. The van der Waals surface area contributed by atoms with Gasteiger partial charge in [0.25, 0.3) is 0 Å². The first-order chi connectivity index (χ1) is 10.7. The predicted octanol–water partition coefficient (Wildman–Crippen LogP) is 3.63. The number of aromatic nitrogens is 3. The van der Waals surface area contributed by atoms with Gasteiger partial charge in [-0.2, -0.15) is 0 Å². The van der Waals surface area contributed by atoms with Gasteiger partial charge in [0.1, 0.15) is 17.2 Å². The van der Waals surface area contributed by atoms with Gasteiger partial charge < -0.3 is 10.3 Å². The molecule has 0 saturated carbocycles. The number of fused-ring (bicyclic) bond motifs is 1. The van der Waals surface area contributed by atoms with Gasteiger partial charge >= 0.3 is 0 Å². The highest BCUT2D eigenvalue weighted by Gasteiger charge is 2.14.